The van der Waals surface area contributed by atoms with E-state index in [0.29, 0.717) is 5.69 Å². The molecule has 0 spiro atoms. The lowest BCUT2D eigenvalue weighted by atomic mass is 9.82. The molecule has 5 rings (SSSR count). The van der Waals surface area contributed by atoms with Crippen molar-refractivity contribution >= 4 is 16.5 Å². The smallest absolute Gasteiger partial charge is 0.187 e. The van der Waals surface area contributed by atoms with Crippen LogP contribution < -0.4 is 0 Å². The summed E-state index contributed by atoms with van der Waals surface area (Å²) < 4.78 is 0. The van der Waals surface area contributed by atoms with Gasteiger partial charge >= 0.3 is 0 Å². The zero-order valence-corrected chi connectivity index (χ0v) is 19.7. The molecule has 0 saturated carbocycles. The molecule has 0 aliphatic rings. The van der Waals surface area contributed by atoms with Gasteiger partial charge in [0, 0.05) is 11.8 Å². The quantitative estimate of drug-likeness (QED) is 0.257. The predicted octanol–water partition coefficient (Wildman–Crippen LogP) is 9.08. The molecular weight excluding hydrogens is 412 g/mol. The molecule has 164 valence electrons. The van der Waals surface area contributed by atoms with Crippen molar-refractivity contribution in [3.8, 4) is 33.5 Å². The Morgan fingerprint density at radius 2 is 1.26 bits per heavy atom. The van der Waals surface area contributed by atoms with Crippen LogP contribution in [0, 0.1) is 6.57 Å². The number of hydrogen-bond acceptors (Lipinski definition) is 1. The van der Waals surface area contributed by atoms with Gasteiger partial charge in [-0.15, -0.1) is 0 Å². The minimum atomic E-state index is 0.0377. The first-order valence-corrected chi connectivity index (χ1v) is 11.5. The van der Waals surface area contributed by atoms with Gasteiger partial charge in [0.25, 0.3) is 0 Å². The normalized spacial score (nSPS) is 11.4. The van der Waals surface area contributed by atoms with E-state index in [0.717, 1.165) is 33.5 Å². The van der Waals surface area contributed by atoms with Crippen LogP contribution in [0.3, 0.4) is 0 Å². The molecule has 0 fully saturated rings. The molecule has 0 atom stereocenters. The number of nitrogens with zero attached hydrogens (tertiary/aromatic N) is 2. The van der Waals surface area contributed by atoms with Crippen molar-refractivity contribution in [1.82, 2.24) is 4.98 Å². The Hall–Kier alpha value is -4.22. The summed E-state index contributed by atoms with van der Waals surface area (Å²) in [5, 5.41) is 2.54. The molecule has 0 saturated heterocycles. The average molecular weight is 439 g/mol. The molecule has 4 aromatic carbocycles. The van der Waals surface area contributed by atoms with Gasteiger partial charge in [-0.05, 0) is 68.3 Å². The largest absolute Gasteiger partial charge is 0.256 e. The number of aromatic nitrogens is 1. The lowest BCUT2D eigenvalue weighted by molar-refractivity contribution is 0.596. The summed E-state index contributed by atoms with van der Waals surface area (Å²) in [6.07, 6.45) is 1.90. The van der Waals surface area contributed by atoms with Gasteiger partial charge in [-0.25, -0.2) is 4.85 Å². The first-order chi connectivity index (χ1) is 16.4. The van der Waals surface area contributed by atoms with E-state index in [1.54, 1.807) is 0 Å². The topological polar surface area (TPSA) is 17.2 Å². The van der Waals surface area contributed by atoms with Crippen LogP contribution in [-0.4, -0.2) is 4.98 Å². The van der Waals surface area contributed by atoms with Crippen molar-refractivity contribution in [1.29, 1.82) is 0 Å². The van der Waals surface area contributed by atoms with Gasteiger partial charge in [0.05, 0.1) is 12.3 Å². The SMILES string of the molecule is [C-]#[N+]c1ccc(-c2ccc(-c3ccnc(-c4cc(C(C)(C)C)c5ccccc5c4)c3)cc2)cc1. The Morgan fingerprint density at radius 1 is 0.647 bits per heavy atom. The molecule has 34 heavy (non-hydrogen) atoms. The van der Waals surface area contributed by atoms with E-state index in [1.807, 2.05) is 30.5 Å². The maximum atomic E-state index is 7.12. The average Bonchev–Trinajstić information content (AvgIpc) is 2.88. The zero-order chi connectivity index (χ0) is 23.7. The van der Waals surface area contributed by atoms with E-state index in [9.17, 15) is 0 Å². The third kappa shape index (κ3) is 4.21. The molecule has 0 bridgehead atoms. The molecule has 0 N–H and O–H groups in total. The number of benzene rings is 4. The van der Waals surface area contributed by atoms with Crippen LogP contribution in [-0.2, 0) is 5.41 Å². The van der Waals surface area contributed by atoms with E-state index in [1.165, 1.54) is 16.3 Å². The van der Waals surface area contributed by atoms with Crippen molar-refractivity contribution < 1.29 is 0 Å². The van der Waals surface area contributed by atoms with Crippen LogP contribution in [0.25, 0.3) is 49.1 Å². The molecule has 0 amide bonds. The number of fused-ring (bicyclic) bond motifs is 1. The second-order valence-electron chi connectivity index (χ2n) is 9.66. The Balaban J connectivity index is 1.52. The molecule has 1 aromatic heterocycles. The number of pyridine rings is 1. The van der Waals surface area contributed by atoms with Crippen molar-refractivity contribution in [2.24, 2.45) is 0 Å². The molecule has 2 nitrogen and oxygen atoms in total. The van der Waals surface area contributed by atoms with Gasteiger partial charge in [-0.3, -0.25) is 4.98 Å². The lowest BCUT2D eigenvalue weighted by Gasteiger charge is -2.22. The van der Waals surface area contributed by atoms with E-state index in [-0.39, 0.29) is 5.41 Å². The predicted molar refractivity (Wildman–Crippen MR) is 143 cm³/mol. The van der Waals surface area contributed by atoms with Crippen LogP contribution in [0.4, 0.5) is 5.69 Å². The van der Waals surface area contributed by atoms with E-state index >= 15 is 0 Å². The van der Waals surface area contributed by atoms with Crippen LogP contribution in [0.15, 0.2) is 103 Å². The van der Waals surface area contributed by atoms with E-state index < -0.39 is 0 Å². The molecule has 0 radical (unpaired) electrons. The standard InChI is InChI=1S/C32H26N2/c1-32(2,3)30-20-27(19-26-7-5-6-8-29(26)30)31-21-25(17-18-34-31)24-11-9-22(10-12-24)23-13-15-28(33-4)16-14-23/h5-21H,1-3H3. The highest BCUT2D eigenvalue weighted by Crippen LogP contribution is 2.35. The van der Waals surface area contributed by atoms with Crippen LogP contribution in [0.5, 0.6) is 0 Å². The summed E-state index contributed by atoms with van der Waals surface area (Å²) in [6.45, 7) is 13.9. The van der Waals surface area contributed by atoms with Crippen LogP contribution in [0.1, 0.15) is 26.3 Å². The summed E-state index contributed by atoms with van der Waals surface area (Å²) in [4.78, 5) is 8.19. The second kappa shape index (κ2) is 8.61. The van der Waals surface area contributed by atoms with Crippen LogP contribution >= 0.6 is 0 Å². The maximum Gasteiger partial charge on any atom is 0.187 e. The molecular formula is C32H26N2. The molecule has 1 heterocycles. The van der Waals surface area contributed by atoms with Gasteiger partial charge in [-0.2, -0.15) is 0 Å². The first-order valence-electron chi connectivity index (χ1n) is 11.5. The first kappa shape index (κ1) is 21.6. The Labute approximate surface area is 201 Å². The molecule has 2 heteroatoms. The molecule has 0 unspecified atom stereocenters. The minimum absolute atomic E-state index is 0.0377. The fourth-order valence-corrected chi connectivity index (χ4v) is 4.43. The summed E-state index contributed by atoms with van der Waals surface area (Å²) in [6, 6.07) is 33.7. The van der Waals surface area contributed by atoms with Crippen molar-refractivity contribution in [3.63, 3.8) is 0 Å². The Morgan fingerprint density at radius 3 is 1.91 bits per heavy atom. The summed E-state index contributed by atoms with van der Waals surface area (Å²) in [7, 11) is 0. The van der Waals surface area contributed by atoms with Crippen molar-refractivity contribution in [2.45, 2.75) is 26.2 Å². The number of hydrogen-bond donors (Lipinski definition) is 0. The highest BCUT2D eigenvalue weighted by Gasteiger charge is 2.18. The third-order valence-corrected chi connectivity index (χ3v) is 6.27. The van der Waals surface area contributed by atoms with Gasteiger partial charge in [0.15, 0.2) is 5.69 Å². The maximum absolute atomic E-state index is 7.12. The monoisotopic (exact) mass is 438 g/mol. The lowest BCUT2D eigenvalue weighted by Crippen LogP contribution is -2.12. The molecule has 0 aliphatic heterocycles. The Bertz CT molecular complexity index is 1510. The third-order valence-electron chi connectivity index (χ3n) is 6.27. The van der Waals surface area contributed by atoms with E-state index in [2.05, 4.69) is 98.4 Å². The summed E-state index contributed by atoms with van der Waals surface area (Å²) in [5.74, 6) is 0. The van der Waals surface area contributed by atoms with Crippen molar-refractivity contribution in [2.75, 3.05) is 0 Å². The Kier molecular flexibility index (Phi) is 5.48. The summed E-state index contributed by atoms with van der Waals surface area (Å²) >= 11 is 0. The van der Waals surface area contributed by atoms with Gasteiger partial charge in [-0.1, -0.05) is 93.6 Å². The minimum Gasteiger partial charge on any atom is -0.256 e. The highest BCUT2D eigenvalue weighted by atomic mass is 14.7. The van der Waals surface area contributed by atoms with Crippen molar-refractivity contribution in [3.05, 3.63) is 120 Å². The summed E-state index contributed by atoms with van der Waals surface area (Å²) in [5.41, 5.74) is 8.70. The number of rotatable bonds is 3. The van der Waals surface area contributed by atoms with E-state index in [4.69, 9.17) is 11.6 Å². The van der Waals surface area contributed by atoms with Gasteiger partial charge in [0.1, 0.15) is 0 Å². The molecule has 0 aliphatic carbocycles. The fourth-order valence-electron chi connectivity index (χ4n) is 4.43. The fraction of sp³-hybridized carbons (Fsp3) is 0.125. The second-order valence-corrected chi connectivity index (χ2v) is 9.66. The van der Waals surface area contributed by atoms with Crippen LogP contribution in [0.2, 0.25) is 0 Å². The van der Waals surface area contributed by atoms with Gasteiger partial charge < -0.3 is 0 Å². The highest BCUT2D eigenvalue weighted by molar-refractivity contribution is 5.91. The molecule has 5 aromatic rings. The zero-order valence-electron chi connectivity index (χ0n) is 19.7. The van der Waals surface area contributed by atoms with Gasteiger partial charge in [0.2, 0.25) is 0 Å².